The van der Waals surface area contributed by atoms with E-state index in [0.717, 1.165) is 4.57 Å². The standard InChI is InChI=1S/C19H24N5O15P3/c20-6-1-2-12-3-4-13(14(8-12)24(27)28)10-21-17-5-7-23(19(26)22-17)18-9-15(25)16(37-18)11-36-41(32,33)39-42(34,35)38-40(29,30)31/h3-5,7-8,15-16,18,25H,6,9-11,20H2,(H,32,33)(H,34,35)(H,21,22,26)(H2,29,30,31)/t15-,16+,18+/m0/s1. The number of ether oxygens (including phenoxy) is 1. The topological polar surface area (TPSA) is 305 Å². The Kier molecular flexibility index (Phi) is 10.9. The molecule has 1 aliphatic rings. The number of nitro groups is 1. The highest BCUT2D eigenvalue weighted by Crippen LogP contribution is 2.66. The van der Waals surface area contributed by atoms with Gasteiger partial charge in [0.15, 0.2) is 0 Å². The Morgan fingerprint density at radius 3 is 2.52 bits per heavy atom. The molecule has 42 heavy (non-hydrogen) atoms. The first kappa shape index (κ1) is 33.6. The molecule has 1 aromatic heterocycles. The molecule has 1 aromatic carbocycles. The average Bonchev–Trinajstić information content (AvgIpc) is 3.23. The summed E-state index contributed by atoms with van der Waals surface area (Å²) >= 11 is 0. The van der Waals surface area contributed by atoms with Gasteiger partial charge in [0.1, 0.15) is 18.1 Å². The summed E-state index contributed by atoms with van der Waals surface area (Å²) in [6, 6.07) is 5.70. The number of benzene rings is 1. The molecule has 1 saturated heterocycles. The lowest BCUT2D eigenvalue weighted by molar-refractivity contribution is -0.385. The minimum Gasteiger partial charge on any atom is -0.390 e. The van der Waals surface area contributed by atoms with E-state index in [2.05, 4.69) is 35.3 Å². The normalized spacial score (nSPS) is 21.5. The van der Waals surface area contributed by atoms with Crippen LogP contribution in [-0.4, -0.2) is 64.5 Å². The van der Waals surface area contributed by atoms with Crippen molar-refractivity contribution in [3.8, 4) is 11.8 Å². The van der Waals surface area contributed by atoms with E-state index < -0.39 is 59.1 Å². The van der Waals surface area contributed by atoms with Crippen LogP contribution < -0.4 is 16.7 Å². The number of nitrogens with two attached hydrogens (primary N) is 1. The van der Waals surface area contributed by atoms with Gasteiger partial charge in [0.25, 0.3) is 5.69 Å². The second-order valence-corrected chi connectivity index (χ2v) is 12.7. The largest absolute Gasteiger partial charge is 0.490 e. The summed E-state index contributed by atoms with van der Waals surface area (Å²) in [4.78, 5) is 63.2. The van der Waals surface area contributed by atoms with Gasteiger partial charge < -0.3 is 40.5 Å². The van der Waals surface area contributed by atoms with E-state index >= 15 is 0 Å². The lowest BCUT2D eigenvalue weighted by atomic mass is 10.1. The third-order valence-electron chi connectivity index (χ3n) is 5.24. The number of nitrogens with one attached hydrogen (secondary N) is 1. The van der Waals surface area contributed by atoms with Gasteiger partial charge in [-0.15, -0.1) is 0 Å². The van der Waals surface area contributed by atoms with Crippen LogP contribution in [0.1, 0.15) is 23.8 Å². The summed E-state index contributed by atoms with van der Waals surface area (Å²) in [6.45, 7) is -0.904. The highest BCUT2D eigenvalue weighted by Gasteiger charge is 2.43. The summed E-state index contributed by atoms with van der Waals surface area (Å²) < 4.78 is 52.1. The molecule has 1 aliphatic heterocycles. The fourth-order valence-corrected chi connectivity index (χ4v) is 6.57. The highest BCUT2D eigenvalue weighted by atomic mass is 31.3. The van der Waals surface area contributed by atoms with E-state index in [1.54, 1.807) is 6.07 Å². The number of anilines is 1. The van der Waals surface area contributed by atoms with Gasteiger partial charge in [-0.05, 0) is 18.2 Å². The third kappa shape index (κ3) is 9.87. The molecule has 0 amide bonds. The van der Waals surface area contributed by atoms with Gasteiger partial charge in [-0.2, -0.15) is 13.6 Å². The van der Waals surface area contributed by atoms with Crippen LogP contribution in [0.4, 0.5) is 11.5 Å². The molecule has 1 fully saturated rings. The van der Waals surface area contributed by atoms with Gasteiger partial charge in [0, 0.05) is 36.4 Å². The second kappa shape index (κ2) is 13.6. The first-order chi connectivity index (χ1) is 19.5. The Morgan fingerprint density at radius 1 is 1.19 bits per heavy atom. The smallest absolute Gasteiger partial charge is 0.390 e. The number of hydrogen-bond donors (Lipinski definition) is 7. The molecule has 0 saturated carbocycles. The van der Waals surface area contributed by atoms with Gasteiger partial charge in [0.2, 0.25) is 0 Å². The lowest BCUT2D eigenvalue weighted by Crippen LogP contribution is -2.28. The molecule has 20 nitrogen and oxygen atoms in total. The van der Waals surface area contributed by atoms with Gasteiger partial charge in [-0.3, -0.25) is 19.2 Å². The van der Waals surface area contributed by atoms with Crippen LogP contribution in [-0.2, 0) is 38.1 Å². The van der Waals surface area contributed by atoms with Crippen molar-refractivity contribution in [3.05, 3.63) is 62.2 Å². The Hall–Kier alpha value is -2.85. The molecular weight excluding hydrogens is 631 g/mol. The summed E-state index contributed by atoms with van der Waals surface area (Å²) in [6.07, 6.45) is -2.83. The van der Waals surface area contributed by atoms with Crippen LogP contribution >= 0.6 is 23.5 Å². The zero-order chi connectivity index (χ0) is 31.3. The lowest BCUT2D eigenvalue weighted by Gasteiger charge is -2.19. The number of nitro benzene ring substituents is 1. The molecular formula is C19H24N5O15P3. The fraction of sp³-hybridized carbons (Fsp3) is 0.368. The van der Waals surface area contributed by atoms with Gasteiger partial charge in [-0.1, -0.05) is 11.8 Å². The quantitative estimate of drug-likeness (QED) is 0.0688. The Morgan fingerprint density at radius 2 is 1.90 bits per heavy atom. The minimum absolute atomic E-state index is 0.0558. The summed E-state index contributed by atoms with van der Waals surface area (Å²) in [5.41, 5.74) is 4.93. The SMILES string of the molecule is NCC#Cc1ccc(CNc2ccn([C@H]3C[C@H](O)[C@@H](COP(=O)(O)OP(=O)(O)OP(=O)(O)O)O3)c(=O)n2)c([N+](=O)[O-])c1. The first-order valence-electron chi connectivity index (χ1n) is 11.4. The van der Waals surface area contributed by atoms with Crippen molar-refractivity contribution in [2.24, 2.45) is 5.73 Å². The van der Waals surface area contributed by atoms with Crippen molar-refractivity contribution in [2.45, 2.75) is 31.4 Å². The molecule has 8 N–H and O–H groups in total. The van der Waals surface area contributed by atoms with Crippen molar-refractivity contribution in [2.75, 3.05) is 18.5 Å². The molecule has 2 heterocycles. The van der Waals surface area contributed by atoms with Crippen molar-refractivity contribution in [1.29, 1.82) is 0 Å². The zero-order valence-corrected chi connectivity index (χ0v) is 23.7. The van der Waals surface area contributed by atoms with Crippen LogP contribution in [0, 0.1) is 22.0 Å². The average molecular weight is 655 g/mol. The molecule has 0 radical (unpaired) electrons. The maximum absolute atomic E-state index is 12.6. The van der Waals surface area contributed by atoms with Crippen LogP contribution in [0.25, 0.3) is 0 Å². The number of nitrogens with zero attached hydrogens (tertiary/aromatic N) is 3. The van der Waals surface area contributed by atoms with E-state index in [-0.39, 0.29) is 36.6 Å². The molecule has 230 valence electrons. The van der Waals surface area contributed by atoms with Crippen LogP contribution in [0.5, 0.6) is 0 Å². The number of aliphatic hydroxyl groups is 1. The van der Waals surface area contributed by atoms with Crippen LogP contribution in [0.3, 0.4) is 0 Å². The molecule has 0 bridgehead atoms. The van der Waals surface area contributed by atoms with Crippen molar-refractivity contribution in [1.82, 2.24) is 9.55 Å². The van der Waals surface area contributed by atoms with E-state index in [9.17, 15) is 43.5 Å². The van der Waals surface area contributed by atoms with E-state index in [1.165, 1.54) is 24.4 Å². The number of aromatic nitrogens is 2. The Labute approximate surface area is 235 Å². The Balaban J connectivity index is 1.62. The fourth-order valence-electron chi connectivity index (χ4n) is 3.54. The van der Waals surface area contributed by atoms with Crippen molar-refractivity contribution in [3.63, 3.8) is 0 Å². The molecule has 2 aromatic rings. The van der Waals surface area contributed by atoms with Gasteiger partial charge in [-0.25, -0.2) is 18.5 Å². The van der Waals surface area contributed by atoms with Crippen molar-refractivity contribution >= 4 is 35.0 Å². The number of phosphoric ester groups is 1. The molecule has 2 unspecified atom stereocenters. The molecule has 3 rings (SSSR count). The monoisotopic (exact) mass is 655 g/mol. The first-order valence-corrected chi connectivity index (χ1v) is 15.9. The van der Waals surface area contributed by atoms with E-state index in [0.29, 0.717) is 5.56 Å². The summed E-state index contributed by atoms with van der Waals surface area (Å²) in [5.74, 6) is 5.35. The maximum Gasteiger partial charge on any atom is 0.490 e. The molecule has 5 atom stereocenters. The van der Waals surface area contributed by atoms with Crippen LogP contribution in [0.15, 0.2) is 35.3 Å². The summed E-state index contributed by atoms with van der Waals surface area (Å²) in [5, 5.41) is 24.5. The molecule has 0 aliphatic carbocycles. The van der Waals surface area contributed by atoms with Crippen molar-refractivity contribution < 1.29 is 61.2 Å². The predicted molar refractivity (Wildman–Crippen MR) is 139 cm³/mol. The Bertz CT molecular complexity index is 1580. The highest BCUT2D eigenvalue weighted by molar-refractivity contribution is 7.66. The second-order valence-electron chi connectivity index (χ2n) is 8.28. The van der Waals surface area contributed by atoms with Crippen LogP contribution in [0.2, 0.25) is 0 Å². The van der Waals surface area contributed by atoms with E-state index in [1.807, 2.05) is 0 Å². The molecule has 0 spiro atoms. The number of phosphoric acid groups is 3. The van der Waals surface area contributed by atoms with Gasteiger partial charge in [0.05, 0.1) is 24.2 Å². The molecule has 23 heteroatoms. The third-order valence-corrected chi connectivity index (χ3v) is 9.04. The van der Waals surface area contributed by atoms with Gasteiger partial charge >= 0.3 is 29.2 Å². The maximum atomic E-state index is 12.6. The summed E-state index contributed by atoms with van der Waals surface area (Å²) in [7, 11) is -16.8. The number of aliphatic hydroxyl groups excluding tert-OH is 1. The van der Waals surface area contributed by atoms with E-state index in [4.69, 9.17) is 20.3 Å². The zero-order valence-electron chi connectivity index (χ0n) is 21.0. The minimum atomic E-state index is -5.73. The number of hydrogen-bond acceptors (Lipinski definition) is 14. The predicted octanol–water partition coefficient (Wildman–Crippen LogP) is 0.0655. The number of rotatable bonds is 12.